The zero-order chi connectivity index (χ0) is 26.9. The molecule has 2 heterocycles. The summed E-state index contributed by atoms with van der Waals surface area (Å²) in [6, 6.07) is 10.1. The van der Waals surface area contributed by atoms with Crippen molar-refractivity contribution >= 4 is 34.8 Å². The molecule has 1 aliphatic heterocycles. The summed E-state index contributed by atoms with van der Waals surface area (Å²) < 4.78 is 50.8. The van der Waals surface area contributed by atoms with Crippen LogP contribution in [0.25, 0.3) is 0 Å². The first-order chi connectivity index (χ1) is 17.5. The number of fused-ring (bicyclic) bond motifs is 1. The van der Waals surface area contributed by atoms with Crippen LogP contribution in [0, 0.1) is 6.92 Å². The Kier molecular flexibility index (Phi) is 7.65. The Morgan fingerprint density at radius 3 is 2.54 bits per heavy atom. The number of aromatic nitrogens is 1. The molecule has 1 atom stereocenters. The fraction of sp³-hybridized carbons (Fsp3) is 0.320. The number of ether oxygens (including phenoxy) is 2. The second-order valence-electron chi connectivity index (χ2n) is 8.29. The number of carbonyl (C=O) groups is 2. The minimum Gasteiger partial charge on any atom is -0.493 e. The first-order valence-corrected chi connectivity index (χ1v) is 12.4. The van der Waals surface area contributed by atoms with Gasteiger partial charge in [-0.25, -0.2) is 4.98 Å². The van der Waals surface area contributed by atoms with E-state index in [1.54, 1.807) is 29.2 Å². The summed E-state index contributed by atoms with van der Waals surface area (Å²) in [6.07, 6.45) is -4.28. The number of benzene rings is 2. The maximum absolute atomic E-state index is 13.4. The number of carbonyl (C=O) groups excluding carboxylic acids is 2. The highest BCUT2D eigenvalue weighted by Gasteiger charge is 2.39. The van der Waals surface area contributed by atoms with Gasteiger partial charge >= 0.3 is 6.18 Å². The van der Waals surface area contributed by atoms with E-state index in [1.165, 1.54) is 21.1 Å². The van der Waals surface area contributed by atoms with Crippen LogP contribution in [0.1, 0.15) is 43.1 Å². The Hall–Kier alpha value is -3.31. The second kappa shape index (κ2) is 10.6. The average Bonchev–Trinajstić information content (AvgIpc) is 3.27. The van der Waals surface area contributed by atoms with E-state index in [2.05, 4.69) is 10.3 Å². The molecule has 37 heavy (non-hydrogen) atoms. The maximum Gasteiger partial charge on any atom is 0.435 e. The van der Waals surface area contributed by atoms with Gasteiger partial charge in [0.15, 0.2) is 17.2 Å². The summed E-state index contributed by atoms with van der Waals surface area (Å²) in [5.41, 5.74) is 1.22. The molecule has 0 saturated carbocycles. The first-order valence-electron chi connectivity index (χ1n) is 11.2. The number of hydrogen-bond donors (Lipinski definition) is 1. The third-order valence-electron chi connectivity index (χ3n) is 5.97. The molecule has 1 aliphatic rings. The van der Waals surface area contributed by atoms with Gasteiger partial charge in [0.1, 0.15) is 4.88 Å². The highest BCUT2D eigenvalue weighted by molar-refractivity contribution is 7.13. The van der Waals surface area contributed by atoms with Crippen LogP contribution in [0.3, 0.4) is 0 Å². The van der Waals surface area contributed by atoms with E-state index in [4.69, 9.17) is 21.1 Å². The van der Waals surface area contributed by atoms with Crippen molar-refractivity contribution in [3.05, 3.63) is 73.7 Å². The standard InChI is InChI=1S/C25H23ClF3N3O4S/c1-13-31-23(25(27,28)29)22(37-13)24(34)30-12-20(33)32-8-7-14-10-18(35-2)19(36-3)11-17(14)21(32)15-5-4-6-16(26)9-15/h4-6,9-11,21H,7-8,12H2,1-3H3,(H,30,34). The molecule has 1 unspecified atom stereocenters. The van der Waals surface area contributed by atoms with Crippen LogP contribution in [0.5, 0.6) is 11.5 Å². The van der Waals surface area contributed by atoms with Crippen LogP contribution in [0.2, 0.25) is 5.02 Å². The SMILES string of the molecule is COc1cc2c(cc1OC)C(c1cccc(Cl)c1)N(C(=O)CNC(=O)c1sc(C)nc1C(F)(F)F)CC2. The summed E-state index contributed by atoms with van der Waals surface area (Å²) in [6.45, 7) is 1.19. The number of aryl methyl sites for hydroxylation is 1. The van der Waals surface area contributed by atoms with Gasteiger partial charge in [-0.2, -0.15) is 13.2 Å². The first kappa shape index (κ1) is 26.7. The van der Waals surface area contributed by atoms with Gasteiger partial charge in [0, 0.05) is 11.6 Å². The van der Waals surface area contributed by atoms with Gasteiger partial charge < -0.3 is 19.7 Å². The lowest BCUT2D eigenvalue weighted by molar-refractivity contribution is -0.141. The van der Waals surface area contributed by atoms with Crippen LogP contribution in [-0.2, 0) is 17.4 Å². The zero-order valence-corrected chi connectivity index (χ0v) is 21.7. The Morgan fingerprint density at radius 2 is 1.89 bits per heavy atom. The minimum absolute atomic E-state index is 0.0989. The van der Waals surface area contributed by atoms with Crippen molar-refractivity contribution in [1.82, 2.24) is 15.2 Å². The molecule has 12 heteroatoms. The normalized spacial score (nSPS) is 15.2. The van der Waals surface area contributed by atoms with E-state index in [0.29, 0.717) is 40.8 Å². The van der Waals surface area contributed by atoms with Crippen LogP contribution in [0.4, 0.5) is 13.2 Å². The van der Waals surface area contributed by atoms with Crippen LogP contribution in [-0.4, -0.2) is 49.0 Å². The van der Waals surface area contributed by atoms with E-state index in [9.17, 15) is 22.8 Å². The predicted octanol–water partition coefficient (Wildman–Crippen LogP) is 5.05. The largest absolute Gasteiger partial charge is 0.493 e. The average molecular weight is 554 g/mol. The highest BCUT2D eigenvalue weighted by atomic mass is 35.5. The van der Waals surface area contributed by atoms with Crippen LogP contribution >= 0.6 is 22.9 Å². The second-order valence-corrected chi connectivity index (χ2v) is 9.93. The molecule has 3 aromatic rings. The van der Waals surface area contributed by atoms with Crippen molar-refractivity contribution < 1.29 is 32.2 Å². The third kappa shape index (κ3) is 5.52. The van der Waals surface area contributed by atoms with Gasteiger partial charge in [-0.3, -0.25) is 9.59 Å². The topological polar surface area (TPSA) is 80.8 Å². The van der Waals surface area contributed by atoms with E-state index >= 15 is 0 Å². The fourth-order valence-electron chi connectivity index (χ4n) is 4.36. The molecule has 0 bridgehead atoms. The zero-order valence-electron chi connectivity index (χ0n) is 20.1. The number of thiazole rings is 1. The van der Waals surface area contributed by atoms with Crippen molar-refractivity contribution in [2.75, 3.05) is 27.3 Å². The van der Waals surface area contributed by atoms with E-state index in [-0.39, 0.29) is 5.01 Å². The Morgan fingerprint density at radius 1 is 1.19 bits per heavy atom. The lowest BCUT2D eigenvalue weighted by atomic mass is 9.87. The van der Waals surface area contributed by atoms with E-state index < -0.39 is 41.1 Å². The smallest absolute Gasteiger partial charge is 0.435 e. The summed E-state index contributed by atoms with van der Waals surface area (Å²) >= 11 is 6.87. The highest BCUT2D eigenvalue weighted by Crippen LogP contribution is 2.41. The van der Waals surface area contributed by atoms with Gasteiger partial charge in [-0.1, -0.05) is 23.7 Å². The molecule has 1 aromatic heterocycles. The lowest BCUT2D eigenvalue weighted by Gasteiger charge is -2.38. The Labute approximate surface area is 220 Å². The molecule has 0 fully saturated rings. The van der Waals surface area contributed by atoms with Gasteiger partial charge in [-0.05, 0) is 54.3 Å². The molecular weight excluding hydrogens is 531 g/mol. The summed E-state index contributed by atoms with van der Waals surface area (Å²) in [5, 5.41) is 2.92. The number of rotatable bonds is 6. The molecule has 0 radical (unpaired) electrons. The molecular formula is C25H23ClF3N3O4S. The third-order valence-corrected chi connectivity index (χ3v) is 7.17. The molecule has 1 N–H and O–H groups in total. The van der Waals surface area contributed by atoms with Gasteiger partial charge in [0.25, 0.3) is 5.91 Å². The summed E-state index contributed by atoms with van der Waals surface area (Å²) in [4.78, 5) is 30.4. The number of nitrogens with one attached hydrogen (secondary N) is 1. The minimum atomic E-state index is -4.78. The molecule has 0 saturated heterocycles. The fourth-order valence-corrected chi connectivity index (χ4v) is 5.42. The summed E-state index contributed by atoms with van der Waals surface area (Å²) in [5.74, 6) is -0.433. The van der Waals surface area contributed by atoms with E-state index in [1.807, 2.05) is 12.1 Å². The van der Waals surface area contributed by atoms with Crippen LogP contribution in [0.15, 0.2) is 36.4 Å². The monoisotopic (exact) mass is 553 g/mol. The van der Waals surface area contributed by atoms with Gasteiger partial charge in [-0.15, -0.1) is 11.3 Å². The molecule has 0 spiro atoms. The molecule has 2 aromatic carbocycles. The molecule has 2 amide bonds. The number of nitrogens with zero attached hydrogens (tertiary/aromatic N) is 2. The molecule has 196 valence electrons. The maximum atomic E-state index is 13.4. The molecule has 7 nitrogen and oxygen atoms in total. The van der Waals surface area contributed by atoms with Crippen molar-refractivity contribution in [2.45, 2.75) is 25.6 Å². The number of halogens is 4. The van der Waals surface area contributed by atoms with Crippen molar-refractivity contribution in [3.63, 3.8) is 0 Å². The van der Waals surface area contributed by atoms with Crippen molar-refractivity contribution in [2.24, 2.45) is 0 Å². The van der Waals surface area contributed by atoms with Gasteiger partial charge in [0.2, 0.25) is 5.91 Å². The summed E-state index contributed by atoms with van der Waals surface area (Å²) in [7, 11) is 3.05. The molecule has 4 rings (SSSR count). The number of methoxy groups -OCH3 is 2. The van der Waals surface area contributed by atoms with Crippen LogP contribution < -0.4 is 14.8 Å². The van der Waals surface area contributed by atoms with Crippen molar-refractivity contribution in [3.8, 4) is 11.5 Å². The quantitative estimate of drug-likeness (QED) is 0.462. The predicted molar refractivity (Wildman–Crippen MR) is 132 cm³/mol. The number of hydrogen-bond acceptors (Lipinski definition) is 6. The molecule has 0 aliphatic carbocycles. The number of alkyl halides is 3. The number of amides is 2. The van der Waals surface area contributed by atoms with Gasteiger partial charge in [0.05, 0.1) is 31.8 Å². The van der Waals surface area contributed by atoms with E-state index in [0.717, 1.165) is 16.7 Å². The Bertz CT molecular complexity index is 1350. The van der Waals surface area contributed by atoms with Crippen molar-refractivity contribution in [1.29, 1.82) is 0 Å². The Balaban J connectivity index is 1.64. The lowest BCUT2D eigenvalue weighted by Crippen LogP contribution is -2.45.